The molecule has 0 radical (unpaired) electrons. The highest BCUT2D eigenvalue weighted by Crippen LogP contribution is 2.29. The monoisotopic (exact) mass is 447 g/mol. The summed E-state index contributed by atoms with van der Waals surface area (Å²) >= 11 is 0. The Hall–Kier alpha value is -3.00. The average Bonchev–Trinajstić information content (AvgIpc) is 3.30. The van der Waals surface area contributed by atoms with E-state index in [0.29, 0.717) is 24.7 Å². The standard InChI is InChI=1S/C26H33N5O2/c1-29(2)14-13-27-26(32)23-20-33-24(28-23)19-30-15-17-31(18-16-30)25(21-9-5-3-6-10-21)22-11-7-4-8-12-22/h3-12,20,25H,13-19H2,1-2H3,(H,27,32). The van der Waals surface area contributed by atoms with E-state index in [2.05, 4.69) is 80.8 Å². The molecule has 0 aliphatic carbocycles. The van der Waals surface area contributed by atoms with Crippen LogP contribution >= 0.6 is 0 Å². The summed E-state index contributed by atoms with van der Waals surface area (Å²) in [7, 11) is 3.95. The molecular weight excluding hydrogens is 414 g/mol. The lowest BCUT2D eigenvalue weighted by molar-refractivity contribution is 0.0944. The summed E-state index contributed by atoms with van der Waals surface area (Å²) in [5, 5.41) is 2.87. The van der Waals surface area contributed by atoms with E-state index in [-0.39, 0.29) is 11.9 Å². The number of aromatic nitrogens is 1. The van der Waals surface area contributed by atoms with E-state index < -0.39 is 0 Å². The van der Waals surface area contributed by atoms with Gasteiger partial charge in [0.1, 0.15) is 6.26 Å². The van der Waals surface area contributed by atoms with E-state index in [1.54, 1.807) is 0 Å². The molecule has 7 nitrogen and oxygen atoms in total. The number of nitrogens with one attached hydrogen (secondary N) is 1. The summed E-state index contributed by atoms with van der Waals surface area (Å²) in [4.78, 5) is 23.6. The number of likely N-dealkylation sites (N-methyl/N-ethyl adjacent to an activating group) is 1. The summed E-state index contributed by atoms with van der Waals surface area (Å²) in [6, 6.07) is 21.7. The topological polar surface area (TPSA) is 64.9 Å². The minimum atomic E-state index is -0.190. The molecule has 0 saturated carbocycles. The van der Waals surface area contributed by atoms with Crippen LogP contribution in [-0.4, -0.2) is 79.0 Å². The maximum Gasteiger partial charge on any atom is 0.273 e. The van der Waals surface area contributed by atoms with Gasteiger partial charge in [0.05, 0.1) is 12.6 Å². The summed E-state index contributed by atoms with van der Waals surface area (Å²) < 4.78 is 5.59. The largest absolute Gasteiger partial charge is 0.447 e. The van der Waals surface area contributed by atoms with Gasteiger partial charge in [-0.3, -0.25) is 14.6 Å². The lowest BCUT2D eigenvalue weighted by Crippen LogP contribution is -2.47. The maximum absolute atomic E-state index is 12.2. The number of benzene rings is 2. The van der Waals surface area contributed by atoms with Crippen LogP contribution in [-0.2, 0) is 6.54 Å². The Morgan fingerprint density at radius 1 is 1.00 bits per heavy atom. The minimum Gasteiger partial charge on any atom is -0.447 e. The van der Waals surface area contributed by atoms with Crippen LogP contribution in [0.1, 0.15) is 33.5 Å². The van der Waals surface area contributed by atoms with Gasteiger partial charge in [-0.05, 0) is 25.2 Å². The number of hydrogen-bond donors (Lipinski definition) is 1. The smallest absolute Gasteiger partial charge is 0.273 e. The third-order valence-electron chi connectivity index (χ3n) is 5.99. The second kappa shape index (κ2) is 11.2. The fraction of sp³-hybridized carbons (Fsp3) is 0.385. The van der Waals surface area contributed by atoms with Crippen molar-refractivity contribution in [1.82, 2.24) is 25.0 Å². The second-order valence-corrected chi connectivity index (χ2v) is 8.72. The van der Waals surface area contributed by atoms with Gasteiger partial charge in [-0.1, -0.05) is 60.7 Å². The molecule has 33 heavy (non-hydrogen) atoms. The van der Waals surface area contributed by atoms with Crippen molar-refractivity contribution in [2.45, 2.75) is 12.6 Å². The molecule has 1 amide bonds. The number of oxazole rings is 1. The molecule has 0 spiro atoms. The maximum atomic E-state index is 12.2. The quantitative estimate of drug-likeness (QED) is 0.544. The molecule has 3 aromatic rings. The highest BCUT2D eigenvalue weighted by molar-refractivity contribution is 5.91. The third-order valence-corrected chi connectivity index (χ3v) is 5.99. The zero-order valence-corrected chi connectivity index (χ0v) is 19.5. The first-order valence-corrected chi connectivity index (χ1v) is 11.5. The number of nitrogens with zero attached hydrogens (tertiary/aromatic N) is 4. The van der Waals surface area contributed by atoms with Gasteiger partial charge in [-0.25, -0.2) is 4.98 Å². The van der Waals surface area contributed by atoms with Crippen molar-refractivity contribution >= 4 is 5.91 Å². The Balaban J connectivity index is 1.34. The zero-order chi connectivity index (χ0) is 23.0. The van der Waals surface area contributed by atoms with E-state index in [1.165, 1.54) is 17.4 Å². The number of rotatable bonds is 9. The molecule has 0 unspecified atom stereocenters. The van der Waals surface area contributed by atoms with E-state index in [9.17, 15) is 4.79 Å². The Morgan fingerprint density at radius 3 is 2.18 bits per heavy atom. The fourth-order valence-electron chi connectivity index (χ4n) is 4.23. The molecule has 1 N–H and O–H groups in total. The van der Waals surface area contributed by atoms with Crippen LogP contribution in [0.2, 0.25) is 0 Å². The highest BCUT2D eigenvalue weighted by atomic mass is 16.3. The van der Waals surface area contributed by atoms with Crippen LogP contribution in [0.25, 0.3) is 0 Å². The molecule has 7 heteroatoms. The molecule has 0 bridgehead atoms. The number of hydrogen-bond acceptors (Lipinski definition) is 6. The molecule has 174 valence electrons. The summed E-state index contributed by atoms with van der Waals surface area (Å²) in [5.41, 5.74) is 2.97. The molecule has 0 atom stereocenters. The van der Waals surface area contributed by atoms with Gasteiger partial charge in [0.2, 0.25) is 5.89 Å². The number of carbonyl (C=O) groups is 1. The minimum absolute atomic E-state index is 0.190. The predicted molar refractivity (Wildman–Crippen MR) is 129 cm³/mol. The van der Waals surface area contributed by atoms with E-state index in [4.69, 9.17) is 4.42 Å². The van der Waals surface area contributed by atoms with Crippen molar-refractivity contribution in [3.05, 3.63) is 89.6 Å². The Bertz CT molecular complexity index is 958. The molecular formula is C26H33N5O2. The molecule has 1 aliphatic heterocycles. The number of carbonyl (C=O) groups excluding carboxylic acids is 1. The van der Waals surface area contributed by atoms with E-state index in [1.807, 2.05) is 19.0 Å². The lowest BCUT2D eigenvalue weighted by Gasteiger charge is -2.39. The normalized spacial score (nSPS) is 15.3. The molecule has 2 heterocycles. The Labute approximate surface area is 196 Å². The molecule has 1 aromatic heterocycles. The summed E-state index contributed by atoms with van der Waals surface area (Å²) in [6.07, 6.45) is 1.46. The lowest BCUT2D eigenvalue weighted by atomic mass is 9.96. The fourth-order valence-corrected chi connectivity index (χ4v) is 4.23. The van der Waals surface area contributed by atoms with Gasteiger partial charge in [-0.2, -0.15) is 0 Å². The van der Waals surface area contributed by atoms with Gasteiger partial charge in [0.25, 0.3) is 5.91 Å². The van der Waals surface area contributed by atoms with Gasteiger partial charge in [0.15, 0.2) is 5.69 Å². The van der Waals surface area contributed by atoms with Crippen LogP contribution in [0.3, 0.4) is 0 Å². The Kier molecular flexibility index (Phi) is 7.88. The number of piperazine rings is 1. The van der Waals surface area contributed by atoms with Crippen molar-refractivity contribution in [2.24, 2.45) is 0 Å². The van der Waals surface area contributed by atoms with Gasteiger partial charge < -0.3 is 14.6 Å². The third kappa shape index (κ3) is 6.28. The zero-order valence-electron chi connectivity index (χ0n) is 19.5. The first-order valence-electron chi connectivity index (χ1n) is 11.5. The van der Waals surface area contributed by atoms with Crippen LogP contribution < -0.4 is 5.32 Å². The van der Waals surface area contributed by atoms with Crippen molar-refractivity contribution in [1.29, 1.82) is 0 Å². The van der Waals surface area contributed by atoms with Crippen molar-refractivity contribution < 1.29 is 9.21 Å². The van der Waals surface area contributed by atoms with Gasteiger partial charge in [0, 0.05) is 39.3 Å². The molecule has 1 saturated heterocycles. The first kappa shape index (κ1) is 23.2. The second-order valence-electron chi connectivity index (χ2n) is 8.72. The Morgan fingerprint density at radius 2 is 1.61 bits per heavy atom. The van der Waals surface area contributed by atoms with Gasteiger partial charge in [-0.15, -0.1) is 0 Å². The highest BCUT2D eigenvalue weighted by Gasteiger charge is 2.27. The van der Waals surface area contributed by atoms with Crippen LogP contribution in [0.15, 0.2) is 71.3 Å². The SMILES string of the molecule is CN(C)CCNC(=O)c1coc(CN2CCN(C(c3ccccc3)c3ccccc3)CC2)n1. The summed E-state index contributed by atoms with van der Waals surface area (Å²) in [5.74, 6) is 0.397. The van der Waals surface area contributed by atoms with Crippen molar-refractivity contribution in [3.63, 3.8) is 0 Å². The van der Waals surface area contributed by atoms with Crippen LogP contribution in [0, 0.1) is 0 Å². The van der Waals surface area contributed by atoms with E-state index in [0.717, 1.165) is 32.7 Å². The van der Waals surface area contributed by atoms with Crippen molar-refractivity contribution in [2.75, 3.05) is 53.4 Å². The number of amides is 1. The predicted octanol–water partition coefficient (Wildman–Crippen LogP) is 2.87. The molecule has 4 rings (SSSR count). The van der Waals surface area contributed by atoms with Crippen molar-refractivity contribution in [3.8, 4) is 0 Å². The van der Waals surface area contributed by atoms with E-state index >= 15 is 0 Å². The molecule has 2 aromatic carbocycles. The summed E-state index contributed by atoms with van der Waals surface area (Å²) in [6.45, 7) is 5.72. The van der Waals surface area contributed by atoms with Crippen LogP contribution in [0.5, 0.6) is 0 Å². The average molecular weight is 448 g/mol. The first-order chi connectivity index (χ1) is 16.1. The van der Waals surface area contributed by atoms with Gasteiger partial charge >= 0.3 is 0 Å². The van der Waals surface area contributed by atoms with Crippen LogP contribution in [0.4, 0.5) is 0 Å². The molecule has 1 aliphatic rings. The molecule has 1 fully saturated rings.